The summed E-state index contributed by atoms with van der Waals surface area (Å²) >= 11 is 0. The second-order valence-electron chi connectivity index (χ2n) is 4.38. The van der Waals surface area contributed by atoms with Crippen LogP contribution in [-0.2, 0) is 0 Å². The summed E-state index contributed by atoms with van der Waals surface area (Å²) in [7, 11) is -1.84. The van der Waals surface area contributed by atoms with Crippen LogP contribution in [0.1, 0.15) is 33.6 Å². The molecular weight excluding hydrogens is 154 g/mol. The molecule has 0 aromatic heterocycles. The van der Waals surface area contributed by atoms with Crippen molar-refractivity contribution in [3.63, 3.8) is 0 Å². The molecule has 3 heteroatoms. The summed E-state index contributed by atoms with van der Waals surface area (Å²) in [5, 5.41) is 0.0192. The van der Waals surface area contributed by atoms with Gasteiger partial charge in [-0.3, -0.25) is 0 Å². The van der Waals surface area contributed by atoms with E-state index < -0.39 is 9.20 Å². The molecule has 0 spiro atoms. The van der Waals surface area contributed by atoms with E-state index in [1.54, 1.807) is 0 Å². The molecule has 0 aliphatic heterocycles. The summed E-state index contributed by atoms with van der Waals surface area (Å²) in [6.07, 6.45) is 4.51. The first kappa shape index (κ1) is 8.94. The van der Waals surface area contributed by atoms with Gasteiger partial charge in [-0.2, -0.15) is 0 Å². The van der Waals surface area contributed by atoms with Gasteiger partial charge in [0.2, 0.25) is 0 Å². The minimum absolute atomic E-state index is 0.0192. The summed E-state index contributed by atoms with van der Waals surface area (Å²) in [6, 6.07) is 0. The molecule has 1 unspecified atom stereocenters. The summed E-state index contributed by atoms with van der Waals surface area (Å²) in [5.41, 5.74) is 0. The molecule has 0 aromatic carbocycles. The van der Waals surface area contributed by atoms with E-state index in [1.165, 1.54) is 12.8 Å². The van der Waals surface area contributed by atoms with Gasteiger partial charge in [0, 0.05) is 0 Å². The van der Waals surface area contributed by atoms with E-state index in [9.17, 15) is 4.80 Å². The molecule has 1 atom stereocenters. The minimum Gasteiger partial charge on any atom is -0.416 e. The highest BCUT2D eigenvalue weighted by atomic mass is 28.3. The fourth-order valence-electron chi connectivity index (χ4n) is 0.672. The molecule has 1 saturated carbocycles. The maximum absolute atomic E-state index is 9.60. The van der Waals surface area contributed by atoms with E-state index in [0.29, 0.717) is 5.92 Å². The van der Waals surface area contributed by atoms with E-state index in [-0.39, 0.29) is 5.04 Å². The van der Waals surface area contributed by atoms with Crippen molar-refractivity contribution < 1.29 is 4.80 Å². The molecular formula is C8H17NOSi. The molecule has 64 valence electrons. The number of rotatable bonds is 2. The molecule has 11 heavy (non-hydrogen) atoms. The lowest BCUT2D eigenvalue weighted by atomic mass is 10.3. The van der Waals surface area contributed by atoms with Gasteiger partial charge in [0.25, 0.3) is 0 Å². The Bertz CT molecular complexity index is 158. The smallest absolute Gasteiger partial charge is 0.305 e. The zero-order chi connectivity index (χ0) is 8.48. The maximum Gasteiger partial charge on any atom is 0.305 e. The first-order valence-electron chi connectivity index (χ1n) is 4.21. The van der Waals surface area contributed by atoms with Gasteiger partial charge in [0.05, 0.1) is 0 Å². The molecule has 0 bridgehead atoms. The van der Waals surface area contributed by atoms with Gasteiger partial charge in [-0.15, -0.1) is 0 Å². The van der Waals surface area contributed by atoms with Gasteiger partial charge in [0.15, 0.2) is 0 Å². The Morgan fingerprint density at radius 1 is 1.45 bits per heavy atom. The van der Waals surface area contributed by atoms with E-state index in [2.05, 4.69) is 4.66 Å². The summed E-state index contributed by atoms with van der Waals surface area (Å²) in [6.45, 7) is 6.15. The second kappa shape index (κ2) is 3.07. The lowest BCUT2D eigenvalue weighted by molar-refractivity contribution is 0.512. The van der Waals surface area contributed by atoms with Crippen molar-refractivity contribution in [1.29, 1.82) is 0 Å². The Morgan fingerprint density at radius 3 is 2.36 bits per heavy atom. The van der Waals surface area contributed by atoms with Gasteiger partial charge in [-0.25, -0.2) is 0 Å². The number of hydrogen-bond donors (Lipinski definition) is 1. The largest absolute Gasteiger partial charge is 0.416 e. The third-order valence-corrected chi connectivity index (χ3v) is 3.84. The number of hydrogen-bond acceptors (Lipinski definition) is 2. The molecule has 0 aromatic rings. The molecule has 1 aliphatic carbocycles. The molecule has 1 aliphatic rings. The predicted molar refractivity (Wildman–Crippen MR) is 50.3 cm³/mol. The molecule has 0 radical (unpaired) electrons. The van der Waals surface area contributed by atoms with Crippen LogP contribution in [0.4, 0.5) is 0 Å². The van der Waals surface area contributed by atoms with E-state index in [0.717, 1.165) is 0 Å². The van der Waals surface area contributed by atoms with Crippen LogP contribution in [0, 0.1) is 5.92 Å². The third kappa shape index (κ3) is 3.16. The highest BCUT2D eigenvalue weighted by Crippen LogP contribution is 2.29. The van der Waals surface area contributed by atoms with E-state index in [4.69, 9.17) is 0 Å². The zero-order valence-electron chi connectivity index (χ0n) is 7.54. The molecule has 1 N–H and O–H groups in total. The third-order valence-electron chi connectivity index (χ3n) is 1.83. The van der Waals surface area contributed by atoms with Crippen LogP contribution in [0.2, 0.25) is 5.04 Å². The van der Waals surface area contributed by atoms with Gasteiger partial charge in [-0.1, -0.05) is 20.8 Å². The van der Waals surface area contributed by atoms with Crippen LogP contribution in [0.3, 0.4) is 0 Å². The topological polar surface area (TPSA) is 32.6 Å². The van der Waals surface area contributed by atoms with Crippen LogP contribution in [0.15, 0.2) is 4.66 Å². The van der Waals surface area contributed by atoms with Crippen LogP contribution in [0.5, 0.6) is 0 Å². The quantitative estimate of drug-likeness (QED) is 0.495. The Labute approximate surface area is 70.2 Å². The van der Waals surface area contributed by atoms with Crippen LogP contribution < -0.4 is 0 Å². The molecule has 0 heterocycles. The molecule has 1 fully saturated rings. The highest BCUT2D eigenvalue weighted by molar-refractivity contribution is 6.53. The van der Waals surface area contributed by atoms with Gasteiger partial charge >= 0.3 is 9.20 Å². The summed E-state index contributed by atoms with van der Waals surface area (Å²) in [5.74, 6) is 0.694. The number of nitrogens with zero attached hydrogens (tertiary/aromatic N) is 1. The second-order valence-corrected chi connectivity index (χ2v) is 7.15. The average Bonchev–Trinajstić information content (AvgIpc) is 2.62. The van der Waals surface area contributed by atoms with Crippen LogP contribution in [0.25, 0.3) is 0 Å². The normalized spacial score (nSPS) is 22.5. The van der Waals surface area contributed by atoms with Crippen molar-refractivity contribution in [2.75, 3.05) is 0 Å². The lowest BCUT2D eigenvalue weighted by Gasteiger charge is -2.19. The van der Waals surface area contributed by atoms with Crippen LogP contribution >= 0.6 is 0 Å². The monoisotopic (exact) mass is 171 g/mol. The standard InChI is InChI=1S/C8H17NOSi/c1-8(2,3)11(10)9-6-7-4-5-7/h6-7,10-11H,4-5H2,1-3H3. The Hall–Kier alpha value is -0.153. The van der Waals surface area contributed by atoms with E-state index >= 15 is 0 Å². The van der Waals surface area contributed by atoms with Gasteiger partial charge in [-0.05, 0) is 30.0 Å². The van der Waals surface area contributed by atoms with Crippen molar-refractivity contribution >= 4 is 15.4 Å². The minimum atomic E-state index is -1.84. The average molecular weight is 171 g/mol. The highest BCUT2D eigenvalue weighted by Gasteiger charge is 2.25. The maximum atomic E-state index is 9.60. The molecule has 1 rings (SSSR count). The van der Waals surface area contributed by atoms with Crippen LogP contribution in [-0.4, -0.2) is 20.2 Å². The Morgan fingerprint density at radius 2 is 2.00 bits per heavy atom. The van der Waals surface area contributed by atoms with Crippen molar-refractivity contribution in [3.05, 3.63) is 0 Å². The van der Waals surface area contributed by atoms with Crippen molar-refractivity contribution in [1.82, 2.24) is 0 Å². The molecule has 0 amide bonds. The lowest BCUT2D eigenvalue weighted by Crippen LogP contribution is -2.23. The van der Waals surface area contributed by atoms with Gasteiger partial charge < -0.3 is 9.45 Å². The Balaban J connectivity index is 2.34. The molecule has 0 saturated heterocycles. The van der Waals surface area contributed by atoms with Crippen molar-refractivity contribution in [2.45, 2.75) is 38.7 Å². The predicted octanol–water partition coefficient (Wildman–Crippen LogP) is 1.48. The zero-order valence-corrected chi connectivity index (χ0v) is 8.70. The Kier molecular flexibility index (Phi) is 2.49. The SMILES string of the molecule is CC(C)(C)[SiH](O)N=CC1CC1. The first-order chi connectivity index (χ1) is 5.00. The summed E-state index contributed by atoms with van der Waals surface area (Å²) < 4.78 is 4.23. The fourth-order valence-corrected chi connectivity index (χ4v) is 1.53. The van der Waals surface area contributed by atoms with Gasteiger partial charge in [0.1, 0.15) is 0 Å². The van der Waals surface area contributed by atoms with Crippen molar-refractivity contribution in [2.24, 2.45) is 10.6 Å². The summed E-state index contributed by atoms with van der Waals surface area (Å²) in [4.78, 5) is 9.60. The van der Waals surface area contributed by atoms with E-state index in [1.807, 2.05) is 27.0 Å². The fraction of sp³-hybridized carbons (Fsp3) is 0.875. The van der Waals surface area contributed by atoms with Crippen molar-refractivity contribution in [3.8, 4) is 0 Å². The molecule has 2 nitrogen and oxygen atoms in total. The first-order valence-corrected chi connectivity index (χ1v) is 5.82.